The van der Waals surface area contributed by atoms with Gasteiger partial charge in [-0.1, -0.05) is 5.16 Å². The Kier molecular flexibility index (Phi) is 2.01. The third kappa shape index (κ3) is 1.33. The normalized spacial score (nSPS) is 14.2. The van der Waals surface area contributed by atoms with Gasteiger partial charge in [0.05, 0.1) is 12.2 Å². The number of nitrogens with zero attached hydrogens (tertiary/aromatic N) is 2. The van der Waals surface area contributed by atoms with Crippen molar-refractivity contribution < 1.29 is 18.6 Å². The maximum Gasteiger partial charge on any atom is 0.491 e. The lowest BCUT2D eigenvalue weighted by Crippen LogP contribution is -2.28. The van der Waals surface area contributed by atoms with Crippen LogP contribution in [0.4, 0.5) is 4.39 Å². The van der Waals surface area contributed by atoms with Crippen molar-refractivity contribution in [3.05, 3.63) is 29.8 Å². The first-order valence-electron chi connectivity index (χ1n) is 4.65. The zero-order valence-corrected chi connectivity index (χ0v) is 8.05. The van der Waals surface area contributed by atoms with Crippen LogP contribution in [-0.4, -0.2) is 22.3 Å². The first-order chi connectivity index (χ1) is 7.75. The number of rotatable bonds is 1. The molecule has 80 valence electrons. The van der Waals surface area contributed by atoms with E-state index in [1.54, 1.807) is 0 Å². The van der Waals surface area contributed by atoms with Crippen molar-refractivity contribution in [2.75, 3.05) is 0 Å². The predicted octanol–water partition coefficient (Wildman–Crippen LogP) is 0.0934. The van der Waals surface area contributed by atoms with Crippen LogP contribution in [0.5, 0.6) is 0 Å². The van der Waals surface area contributed by atoms with Crippen molar-refractivity contribution in [2.24, 2.45) is 0 Å². The van der Waals surface area contributed by atoms with Crippen molar-refractivity contribution in [3.8, 4) is 11.5 Å². The lowest BCUT2D eigenvalue weighted by atomic mass is 9.78. The Morgan fingerprint density at radius 1 is 1.44 bits per heavy atom. The summed E-state index contributed by atoms with van der Waals surface area (Å²) < 4.78 is 23.4. The Balaban J connectivity index is 2.17. The molecule has 0 aliphatic carbocycles. The van der Waals surface area contributed by atoms with Gasteiger partial charge in [-0.3, -0.25) is 0 Å². The summed E-state index contributed by atoms with van der Waals surface area (Å²) in [4.78, 5) is 3.76. The van der Waals surface area contributed by atoms with Gasteiger partial charge in [0.1, 0.15) is 5.82 Å². The van der Waals surface area contributed by atoms with Crippen LogP contribution in [0.2, 0.25) is 0 Å². The maximum atomic E-state index is 13.7. The average molecular weight is 220 g/mol. The van der Waals surface area contributed by atoms with Crippen LogP contribution in [0.15, 0.2) is 23.0 Å². The van der Waals surface area contributed by atoms with Gasteiger partial charge in [-0.2, -0.15) is 4.98 Å². The van der Waals surface area contributed by atoms with E-state index < -0.39 is 12.9 Å². The van der Waals surface area contributed by atoms with E-state index in [1.807, 2.05) is 0 Å². The summed E-state index contributed by atoms with van der Waals surface area (Å²) in [5.74, 6) is -0.389. The van der Waals surface area contributed by atoms with Crippen LogP contribution in [0, 0.1) is 5.82 Å². The molecule has 2 heterocycles. The van der Waals surface area contributed by atoms with Crippen LogP contribution in [0.1, 0.15) is 5.56 Å². The summed E-state index contributed by atoms with van der Waals surface area (Å²) in [6, 6.07) is 2.78. The smallest absolute Gasteiger partial charge is 0.423 e. The third-order valence-corrected chi connectivity index (χ3v) is 2.48. The molecule has 3 rings (SSSR count). The fourth-order valence-corrected chi connectivity index (χ4v) is 1.70. The van der Waals surface area contributed by atoms with E-state index in [2.05, 4.69) is 10.1 Å². The molecule has 0 unspecified atom stereocenters. The molecule has 5 nitrogen and oxygen atoms in total. The van der Waals surface area contributed by atoms with Gasteiger partial charge >= 0.3 is 7.12 Å². The molecule has 0 radical (unpaired) electrons. The molecular weight excluding hydrogens is 214 g/mol. The second-order valence-corrected chi connectivity index (χ2v) is 3.44. The fraction of sp³-hybridized carbons (Fsp3) is 0.111. The molecule has 0 saturated heterocycles. The number of halogens is 1. The lowest BCUT2D eigenvalue weighted by molar-refractivity contribution is 0.275. The highest BCUT2D eigenvalue weighted by Gasteiger charge is 2.29. The molecule has 1 aromatic heterocycles. The molecule has 0 spiro atoms. The molecule has 0 bridgehead atoms. The van der Waals surface area contributed by atoms with Crippen molar-refractivity contribution in [1.29, 1.82) is 0 Å². The summed E-state index contributed by atoms with van der Waals surface area (Å²) in [6.07, 6.45) is 1.19. The summed E-state index contributed by atoms with van der Waals surface area (Å²) in [5.41, 5.74) is 1.34. The van der Waals surface area contributed by atoms with Gasteiger partial charge in [0.2, 0.25) is 0 Å². The molecule has 7 heteroatoms. The minimum absolute atomic E-state index is 0.0828. The molecule has 0 amide bonds. The Morgan fingerprint density at radius 3 is 3.06 bits per heavy atom. The SMILES string of the molecule is OB1OCc2cc(F)c(-c3ncno3)cc21. The van der Waals surface area contributed by atoms with E-state index >= 15 is 0 Å². The fourth-order valence-electron chi connectivity index (χ4n) is 1.70. The van der Waals surface area contributed by atoms with Gasteiger partial charge in [-0.25, -0.2) is 4.39 Å². The lowest BCUT2D eigenvalue weighted by Gasteiger charge is -2.02. The number of benzene rings is 1. The monoisotopic (exact) mass is 220 g/mol. The van der Waals surface area contributed by atoms with E-state index in [0.29, 0.717) is 11.0 Å². The Morgan fingerprint density at radius 2 is 2.31 bits per heavy atom. The molecule has 0 fully saturated rings. The average Bonchev–Trinajstić information content (AvgIpc) is 2.88. The topological polar surface area (TPSA) is 68.4 Å². The number of aromatic nitrogens is 2. The molecule has 1 aliphatic heterocycles. The predicted molar refractivity (Wildman–Crippen MR) is 52.1 cm³/mol. The Bertz CT molecular complexity index is 532. The largest absolute Gasteiger partial charge is 0.491 e. The van der Waals surface area contributed by atoms with Gasteiger partial charge in [0, 0.05) is 0 Å². The first-order valence-corrected chi connectivity index (χ1v) is 4.65. The molecule has 1 N–H and O–H groups in total. The number of hydrogen-bond acceptors (Lipinski definition) is 5. The van der Waals surface area contributed by atoms with Crippen LogP contribution in [0.25, 0.3) is 11.5 Å². The van der Waals surface area contributed by atoms with Crippen LogP contribution < -0.4 is 5.46 Å². The summed E-state index contributed by atoms with van der Waals surface area (Å²) in [6.45, 7) is 0.206. The van der Waals surface area contributed by atoms with E-state index in [-0.39, 0.29) is 18.1 Å². The first kappa shape index (κ1) is 9.50. The highest BCUT2D eigenvalue weighted by atomic mass is 19.1. The summed E-state index contributed by atoms with van der Waals surface area (Å²) in [5, 5.41) is 12.9. The number of hydrogen-bond donors (Lipinski definition) is 1. The Labute approximate surface area is 90.0 Å². The molecule has 0 saturated carbocycles. The standard InChI is InChI=1S/C9H6BFN2O3/c11-8-1-5-3-15-10(14)7(5)2-6(8)9-12-4-13-16-9/h1-2,4,14H,3H2. The van der Waals surface area contributed by atoms with Crippen LogP contribution in [0.3, 0.4) is 0 Å². The van der Waals surface area contributed by atoms with Crippen molar-refractivity contribution in [1.82, 2.24) is 10.1 Å². The number of fused-ring (bicyclic) bond motifs is 1. The molecule has 1 aromatic carbocycles. The highest BCUT2D eigenvalue weighted by Crippen LogP contribution is 2.22. The highest BCUT2D eigenvalue weighted by molar-refractivity contribution is 6.61. The van der Waals surface area contributed by atoms with Crippen molar-refractivity contribution >= 4 is 12.6 Å². The second-order valence-electron chi connectivity index (χ2n) is 3.44. The van der Waals surface area contributed by atoms with Crippen molar-refractivity contribution in [3.63, 3.8) is 0 Å². The summed E-state index contributed by atoms with van der Waals surface area (Å²) >= 11 is 0. The van der Waals surface area contributed by atoms with Gasteiger partial charge < -0.3 is 14.2 Å². The van der Waals surface area contributed by atoms with Crippen LogP contribution in [-0.2, 0) is 11.3 Å². The van der Waals surface area contributed by atoms with E-state index in [9.17, 15) is 9.41 Å². The van der Waals surface area contributed by atoms with E-state index in [1.165, 1.54) is 18.5 Å². The van der Waals surface area contributed by atoms with E-state index in [4.69, 9.17) is 9.18 Å². The van der Waals surface area contributed by atoms with Crippen molar-refractivity contribution in [2.45, 2.75) is 6.61 Å². The second kappa shape index (κ2) is 3.39. The minimum Gasteiger partial charge on any atom is -0.423 e. The van der Waals surface area contributed by atoms with Gasteiger partial charge in [0.25, 0.3) is 5.89 Å². The minimum atomic E-state index is -1.02. The van der Waals surface area contributed by atoms with Crippen LogP contribution >= 0.6 is 0 Å². The zero-order valence-electron chi connectivity index (χ0n) is 8.05. The Hall–Kier alpha value is -1.73. The molecular formula is C9H6BFN2O3. The molecule has 16 heavy (non-hydrogen) atoms. The van der Waals surface area contributed by atoms with Gasteiger partial charge in [0.15, 0.2) is 6.33 Å². The summed E-state index contributed by atoms with van der Waals surface area (Å²) in [7, 11) is -1.02. The maximum absolute atomic E-state index is 13.7. The zero-order chi connectivity index (χ0) is 11.1. The third-order valence-electron chi connectivity index (χ3n) is 2.48. The molecule has 2 aromatic rings. The van der Waals surface area contributed by atoms with Gasteiger partial charge in [-0.05, 0) is 23.2 Å². The molecule has 1 aliphatic rings. The molecule has 0 atom stereocenters. The van der Waals surface area contributed by atoms with E-state index in [0.717, 1.165) is 0 Å². The quantitative estimate of drug-likeness (QED) is 0.690. The van der Waals surface area contributed by atoms with Gasteiger partial charge in [-0.15, -0.1) is 0 Å².